The van der Waals surface area contributed by atoms with Gasteiger partial charge in [-0.15, -0.1) is 0 Å². The molecule has 0 spiro atoms. The SMILES string of the molecule is COC[C@@H]1CCCN1Cc1cc(Nc2nc(C)cn3c(-c4cnn(CC(=O)Nc5cccc(F)c5F)c4)cnc23)sn1. The second kappa shape index (κ2) is 11.9. The van der Waals surface area contributed by atoms with Gasteiger partial charge in [-0.25, -0.2) is 18.7 Å². The van der Waals surface area contributed by atoms with Crippen LogP contribution in [0.15, 0.2) is 49.1 Å². The van der Waals surface area contributed by atoms with Crippen LogP contribution in [-0.2, 0) is 22.6 Å². The van der Waals surface area contributed by atoms with E-state index in [1.165, 1.54) is 28.3 Å². The highest BCUT2D eigenvalue weighted by molar-refractivity contribution is 7.10. The lowest BCUT2D eigenvalue weighted by molar-refractivity contribution is -0.116. The number of benzene rings is 1. The van der Waals surface area contributed by atoms with Gasteiger partial charge in [-0.3, -0.25) is 18.8 Å². The Labute approximate surface area is 244 Å². The molecule has 2 N–H and O–H groups in total. The molecule has 6 rings (SSSR count). The van der Waals surface area contributed by atoms with Gasteiger partial charge < -0.3 is 15.4 Å². The predicted molar refractivity (Wildman–Crippen MR) is 155 cm³/mol. The van der Waals surface area contributed by atoms with Crippen LogP contribution in [0.1, 0.15) is 24.2 Å². The van der Waals surface area contributed by atoms with E-state index in [0.29, 0.717) is 17.5 Å². The number of aromatic nitrogens is 6. The third-order valence-corrected chi connectivity index (χ3v) is 7.84. The third kappa shape index (κ3) is 5.86. The van der Waals surface area contributed by atoms with E-state index in [1.54, 1.807) is 25.7 Å². The number of carbonyl (C=O) groups is 1. The van der Waals surface area contributed by atoms with Crippen molar-refractivity contribution in [2.45, 2.75) is 38.9 Å². The highest BCUT2D eigenvalue weighted by atomic mass is 32.1. The van der Waals surface area contributed by atoms with Crippen molar-refractivity contribution in [3.63, 3.8) is 0 Å². The summed E-state index contributed by atoms with van der Waals surface area (Å²) in [6.45, 7) is 4.25. The predicted octanol–water partition coefficient (Wildman–Crippen LogP) is 4.63. The van der Waals surface area contributed by atoms with E-state index in [2.05, 4.69) is 35.0 Å². The number of rotatable bonds is 10. The van der Waals surface area contributed by atoms with Crippen molar-refractivity contribution in [1.29, 1.82) is 0 Å². The molecule has 4 aromatic heterocycles. The molecule has 1 aliphatic heterocycles. The van der Waals surface area contributed by atoms with Gasteiger partial charge in [0, 0.05) is 37.7 Å². The molecule has 1 amide bonds. The van der Waals surface area contributed by atoms with Crippen molar-refractivity contribution >= 4 is 39.6 Å². The van der Waals surface area contributed by atoms with Crippen LogP contribution >= 0.6 is 11.5 Å². The first-order chi connectivity index (χ1) is 20.4. The van der Waals surface area contributed by atoms with Gasteiger partial charge >= 0.3 is 0 Å². The minimum Gasteiger partial charge on any atom is -0.383 e. The number of likely N-dealkylation sites (tertiary alicyclic amines) is 1. The van der Waals surface area contributed by atoms with E-state index in [0.717, 1.165) is 66.3 Å². The van der Waals surface area contributed by atoms with Crippen LogP contribution in [0, 0.1) is 18.6 Å². The fourth-order valence-corrected chi connectivity index (χ4v) is 5.84. The van der Waals surface area contributed by atoms with Crippen molar-refractivity contribution in [1.82, 2.24) is 33.4 Å². The summed E-state index contributed by atoms with van der Waals surface area (Å²) in [5.41, 5.74) is 3.64. The highest BCUT2D eigenvalue weighted by Crippen LogP contribution is 2.29. The molecule has 5 aromatic rings. The Kier molecular flexibility index (Phi) is 7.91. The number of nitrogens with one attached hydrogen (secondary N) is 2. The van der Waals surface area contributed by atoms with E-state index in [9.17, 15) is 13.6 Å². The number of carbonyl (C=O) groups excluding carboxylic acids is 1. The summed E-state index contributed by atoms with van der Waals surface area (Å²) in [6, 6.07) is 6.07. The summed E-state index contributed by atoms with van der Waals surface area (Å²) in [4.78, 5) is 24.1. The zero-order valence-corrected chi connectivity index (χ0v) is 23.9. The number of amides is 1. The smallest absolute Gasteiger partial charge is 0.246 e. The maximum Gasteiger partial charge on any atom is 0.246 e. The summed E-state index contributed by atoms with van der Waals surface area (Å²) in [5, 5.41) is 10.9. The van der Waals surface area contributed by atoms with E-state index in [1.807, 2.05) is 23.6 Å². The second-order valence-electron chi connectivity index (χ2n) is 10.2. The lowest BCUT2D eigenvalue weighted by Crippen LogP contribution is -2.32. The van der Waals surface area contributed by atoms with Gasteiger partial charge in [-0.1, -0.05) is 6.07 Å². The van der Waals surface area contributed by atoms with Crippen LogP contribution in [-0.4, -0.2) is 65.6 Å². The van der Waals surface area contributed by atoms with Gasteiger partial charge in [-0.2, -0.15) is 9.47 Å². The molecule has 1 fully saturated rings. The third-order valence-electron chi connectivity index (χ3n) is 7.10. The van der Waals surface area contributed by atoms with Crippen LogP contribution in [0.2, 0.25) is 0 Å². The molecule has 0 radical (unpaired) electrons. The van der Waals surface area contributed by atoms with Crippen LogP contribution in [0.5, 0.6) is 0 Å². The molecule has 0 aliphatic carbocycles. The first-order valence-electron chi connectivity index (χ1n) is 13.4. The van der Waals surface area contributed by atoms with Gasteiger partial charge in [0.2, 0.25) is 5.91 Å². The summed E-state index contributed by atoms with van der Waals surface area (Å²) in [6.07, 6.45) is 9.20. The fourth-order valence-electron chi connectivity index (χ4n) is 5.18. The molecule has 0 unspecified atom stereocenters. The zero-order chi connectivity index (χ0) is 29.2. The lowest BCUT2D eigenvalue weighted by atomic mass is 10.2. The number of nitrogens with zero attached hydrogens (tertiary/aromatic N) is 7. The lowest BCUT2D eigenvalue weighted by Gasteiger charge is -2.22. The van der Waals surface area contributed by atoms with Crippen LogP contribution in [0.4, 0.5) is 25.3 Å². The van der Waals surface area contributed by atoms with Crippen molar-refractivity contribution in [2.24, 2.45) is 0 Å². The molecule has 1 saturated heterocycles. The molecular weight excluding hydrogens is 564 g/mol. The molecule has 218 valence electrons. The molecule has 42 heavy (non-hydrogen) atoms. The van der Waals surface area contributed by atoms with Crippen molar-refractivity contribution < 1.29 is 18.3 Å². The quantitative estimate of drug-likeness (QED) is 0.241. The van der Waals surface area contributed by atoms with E-state index >= 15 is 0 Å². The Morgan fingerprint density at radius 3 is 2.98 bits per heavy atom. The first kappa shape index (κ1) is 27.9. The van der Waals surface area contributed by atoms with Crippen molar-refractivity contribution in [2.75, 3.05) is 30.9 Å². The number of aryl methyl sites for hydroxylation is 1. The van der Waals surface area contributed by atoms with Crippen LogP contribution in [0.3, 0.4) is 0 Å². The Hall–Kier alpha value is -4.27. The molecule has 1 atom stereocenters. The number of imidazole rings is 1. The number of hydrogen-bond donors (Lipinski definition) is 2. The molecule has 11 nitrogen and oxygen atoms in total. The van der Waals surface area contributed by atoms with Gasteiger partial charge in [0.15, 0.2) is 23.1 Å². The normalized spacial score (nSPS) is 15.5. The Balaban J connectivity index is 1.17. The van der Waals surface area contributed by atoms with Gasteiger partial charge in [0.05, 0.1) is 41.8 Å². The van der Waals surface area contributed by atoms with E-state index in [4.69, 9.17) is 4.74 Å². The zero-order valence-electron chi connectivity index (χ0n) is 23.0. The van der Waals surface area contributed by atoms with Crippen molar-refractivity contribution in [3.05, 3.63) is 72.1 Å². The summed E-state index contributed by atoms with van der Waals surface area (Å²) in [5.74, 6) is -2.09. The Bertz CT molecular complexity index is 1730. The minimum atomic E-state index is -1.11. The average molecular weight is 594 g/mol. The average Bonchev–Trinajstić information content (AvgIpc) is 3.76. The number of fused-ring (bicyclic) bond motifs is 1. The Morgan fingerprint density at radius 1 is 1.24 bits per heavy atom. The number of anilines is 3. The highest BCUT2D eigenvalue weighted by Gasteiger charge is 2.25. The standard InChI is InChI=1S/C28H29F2N9O2S/c1-17-12-39-23(18-10-32-38(13-18)15-24(40)34-22-7-3-6-21(29)26(22)30)11-31-28(39)27(33-17)35-25-9-19(36-42-25)14-37-8-4-5-20(37)16-41-2/h3,6-7,9-13,20H,4-5,8,14-16H2,1-2H3,(H,33,35)(H,34,40)/t20-/m0/s1. The molecule has 5 heterocycles. The number of hydrogen-bond acceptors (Lipinski definition) is 9. The maximum atomic E-state index is 13.9. The van der Waals surface area contributed by atoms with E-state index < -0.39 is 17.5 Å². The molecule has 0 bridgehead atoms. The fraction of sp³-hybridized carbons (Fsp3) is 0.321. The van der Waals surface area contributed by atoms with Gasteiger partial charge in [-0.05, 0) is 56.0 Å². The van der Waals surface area contributed by atoms with Crippen LogP contribution in [0.25, 0.3) is 16.9 Å². The summed E-state index contributed by atoms with van der Waals surface area (Å²) in [7, 11) is 1.74. The molecule has 0 saturated carbocycles. The first-order valence-corrected chi connectivity index (χ1v) is 14.2. The minimum absolute atomic E-state index is 0.183. The molecular formula is C28H29F2N9O2S. The molecule has 1 aromatic carbocycles. The second-order valence-corrected chi connectivity index (χ2v) is 11.0. The number of halogens is 2. The summed E-state index contributed by atoms with van der Waals surface area (Å²) >= 11 is 1.38. The largest absolute Gasteiger partial charge is 0.383 e. The monoisotopic (exact) mass is 593 g/mol. The van der Waals surface area contributed by atoms with Crippen molar-refractivity contribution in [3.8, 4) is 11.3 Å². The maximum absolute atomic E-state index is 13.9. The van der Waals surface area contributed by atoms with E-state index in [-0.39, 0.29) is 12.2 Å². The van der Waals surface area contributed by atoms with Gasteiger partial charge in [0.25, 0.3) is 0 Å². The summed E-state index contributed by atoms with van der Waals surface area (Å²) < 4.78 is 40.7. The Morgan fingerprint density at radius 2 is 2.12 bits per heavy atom. The van der Waals surface area contributed by atoms with Crippen LogP contribution < -0.4 is 10.6 Å². The number of ether oxygens (including phenoxy) is 1. The number of methoxy groups -OCH3 is 1. The topological polar surface area (TPSA) is 114 Å². The van der Waals surface area contributed by atoms with Gasteiger partial charge in [0.1, 0.15) is 11.5 Å². The molecule has 1 aliphatic rings. The molecule has 14 heteroatoms.